The topological polar surface area (TPSA) is 75.3 Å². The van der Waals surface area contributed by atoms with Crippen molar-refractivity contribution in [1.29, 1.82) is 0 Å². The zero-order valence-electron chi connectivity index (χ0n) is 22.5. The Morgan fingerprint density at radius 1 is 0.756 bits per heavy atom. The van der Waals surface area contributed by atoms with E-state index < -0.39 is 11.8 Å². The van der Waals surface area contributed by atoms with Gasteiger partial charge in [0.05, 0.1) is 10.0 Å². The molecule has 0 fully saturated rings. The molecule has 5 nitrogen and oxygen atoms in total. The minimum absolute atomic E-state index is 0.0328. The number of hydrogen-bond donors (Lipinski definition) is 2. The van der Waals surface area contributed by atoms with Crippen LogP contribution >= 0.6 is 23.2 Å². The molecule has 4 aromatic carbocycles. The summed E-state index contributed by atoms with van der Waals surface area (Å²) in [5.74, 6) is -0.761. The van der Waals surface area contributed by atoms with E-state index in [1.165, 1.54) is 17.7 Å². The first kappa shape index (κ1) is 29.5. The molecule has 41 heavy (non-hydrogen) atoms. The molecule has 0 aliphatic carbocycles. The van der Waals surface area contributed by atoms with Crippen LogP contribution in [0.25, 0.3) is 12.2 Å². The van der Waals surface area contributed by atoms with E-state index in [9.17, 15) is 14.4 Å². The number of hydrogen-bond acceptors (Lipinski definition) is 3. The lowest BCUT2D eigenvalue weighted by molar-refractivity contribution is -0.113. The maximum atomic E-state index is 13.3. The first-order chi connectivity index (χ1) is 19.7. The quantitative estimate of drug-likeness (QED) is 0.153. The van der Waals surface area contributed by atoms with Gasteiger partial charge in [-0.15, -0.1) is 0 Å². The Bertz CT molecular complexity index is 1610. The number of amides is 2. The number of anilines is 1. The molecule has 206 valence electrons. The lowest BCUT2D eigenvalue weighted by Crippen LogP contribution is -2.30. The Morgan fingerprint density at radius 3 is 2.10 bits per heavy atom. The van der Waals surface area contributed by atoms with Crippen LogP contribution in [0.3, 0.4) is 0 Å². The van der Waals surface area contributed by atoms with Gasteiger partial charge in [-0.05, 0) is 77.2 Å². The molecule has 4 rings (SSSR count). The third-order valence-corrected chi connectivity index (χ3v) is 7.10. The number of nitrogens with one attached hydrogen (secondary N) is 2. The largest absolute Gasteiger partial charge is 0.321 e. The maximum Gasteiger partial charge on any atom is 0.272 e. The average Bonchev–Trinajstić information content (AvgIpc) is 2.98. The van der Waals surface area contributed by atoms with Gasteiger partial charge in [-0.25, -0.2) is 0 Å². The van der Waals surface area contributed by atoms with Crippen molar-refractivity contribution in [2.45, 2.75) is 19.8 Å². The highest BCUT2D eigenvalue weighted by atomic mass is 35.5. The molecule has 0 aromatic heterocycles. The van der Waals surface area contributed by atoms with Crippen molar-refractivity contribution >= 4 is 58.6 Å². The summed E-state index contributed by atoms with van der Waals surface area (Å²) in [6, 6.07) is 28.1. The van der Waals surface area contributed by atoms with E-state index in [2.05, 4.69) is 36.6 Å². The summed E-state index contributed by atoms with van der Waals surface area (Å²) in [4.78, 5) is 38.8. The summed E-state index contributed by atoms with van der Waals surface area (Å²) in [6.45, 7) is 4.26. The molecule has 0 spiro atoms. The van der Waals surface area contributed by atoms with Crippen LogP contribution in [0.15, 0.2) is 109 Å². The maximum absolute atomic E-state index is 13.3. The highest BCUT2D eigenvalue weighted by Crippen LogP contribution is 2.27. The number of halogens is 2. The summed E-state index contributed by atoms with van der Waals surface area (Å²) >= 11 is 12.5. The van der Waals surface area contributed by atoms with E-state index in [1.54, 1.807) is 78.9 Å². The minimum Gasteiger partial charge on any atom is -0.321 e. The lowest BCUT2D eigenvalue weighted by atomic mass is 10.0. The zero-order valence-corrected chi connectivity index (χ0v) is 24.0. The molecule has 0 atom stereocenters. The molecule has 2 N–H and O–H groups in total. The third kappa shape index (κ3) is 8.04. The molecular formula is C34H28Cl2N2O3. The fraction of sp³-hybridized carbons (Fsp3) is 0.0882. The number of benzene rings is 4. The van der Waals surface area contributed by atoms with Crippen molar-refractivity contribution in [3.8, 4) is 0 Å². The number of carbonyl (C=O) groups is 3. The Labute approximate surface area is 249 Å². The number of ketones is 1. The third-order valence-electron chi connectivity index (χ3n) is 6.27. The van der Waals surface area contributed by atoms with Crippen LogP contribution in [0.2, 0.25) is 10.0 Å². The summed E-state index contributed by atoms with van der Waals surface area (Å²) in [5.41, 5.74) is 3.89. The molecular weight excluding hydrogens is 555 g/mol. The molecule has 0 bridgehead atoms. The van der Waals surface area contributed by atoms with E-state index in [-0.39, 0.29) is 16.5 Å². The molecule has 7 heteroatoms. The van der Waals surface area contributed by atoms with Crippen molar-refractivity contribution in [3.63, 3.8) is 0 Å². The van der Waals surface area contributed by atoms with E-state index in [0.29, 0.717) is 33.3 Å². The first-order valence-corrected chi connectivity index (χ1v) is 13.7. The molecule has 0 aliphatic rings. The fourth-order valence-electron chi connectivity index (χ4n) is 3.91. The van der Waals surface area contributed by atoms with Gasteiger partial charge < -0.3 is 10.6 Å². The van der Waals surface area contributed by atoms with Gasteiger partial charge in [0.1, 0.15) is 5.70 Å². The molecule has 0 aliphatic heterocycles. The van der Waals surface area contributed by atoms with Gasteiger partial charge in [0.25, 0.3) is 11.8 Å². The van der Waals surface area contributed by atoms with Crippen molar-refractivity contribution < 1.29 is 14.4 Å². The molecule has 0 unspecified atom stereocenters. The van der Waals surface area contributed by atoms with Crippen molar-refractivity contribution in [3.05, 3.63) is 147 Å². The second kappa shape index (κ2) is 13.8. The molecule has 0 saturated heterocycles. The van der Waals surface area contributed by atoms with Crippen LogP contribution in [0, 0.1) is 0 Å². The Kier molecular flexibility index (Phi) is 9.91. The second-order valence-electron chi connectivity index (χ2n) is 9.57. The Hall–Kier alpha value is -4.45. The van der Waals surface area contributed by atoms with Crippen molar-refractivity contribution in [2.75, 3.05) is 5.32 Å². The second-order valence-corrected chi connectivity index (χ2v) is 10.4. The lowest BCUT2D eigenvalue weighted by Gasteiger charge is -2.12. The number of allylic oxidation sites excluding steroid dienone is 1. The van der Waals surface area contributed by atoms with Crippen molar-refractivity contribution in [2.24, 2.45) is 0 Å². The van der Waals surface area contributed by atoms with Crippen LogP contribution in [0.5, 0.6) is 0 Å². The SMILES string of the molecule is CC(C)c1ccc(/C=C/C(=O)c2ccc(NC(=O)/C(=C/c3cccc(Cl)c3Cl)NC(=O)c3ccccc3)cc2)cc1. The van der Waals surface area contributed by atoms with E-state index in [0.717, 1.165) is 5.56 Å². The molecule has 2 amide bonds. The van der Waals surface area contributed by atoms with E-state index >= 15 is 0 Å². The van der Waals surface area contributed by atoms with Crippen LogP contribution < -0.4 is 10.6 Å². The predicted molar refractivity (Wildman–Crippen MR) is 167 cm³/mol. The molecule has 0 radical (unpaired) electrons. The molecule has 0 saturated carbocycles. The smallest absolute Gasteiger partial charge is 0.272 e. The summed E-state index contributed by atoms with van der Waals surface area (Å²) in [5, 5.41) is 6.00. The van der Waals surface area contributed by atoms with Gasteiger partial charge in [-0.1, -0.05) is 97.7 Å². The van der Waals surface area contributed by atoms with Gasteiger partial charge in [0, 0.05) is 16.8 Å². The Balaban J connectivity index is 1.49. The van der Waals surface area contributed by atoms with Crippen LogP contribution in [-0.2, 0) is 4.79 Å². The minimum atomic E-state index is -0.575. The average molecular weight is 584 g/mol. The van der Waals surface area contributed by atoms with Crippen LogP contribution in [0.4, 0.5) is 5.69 Å². The normalized spacial score (nSPS) is 11.5. The van der Waals surface area contributed by atoms with Gasteiger partial charge in [0.15, 0.2) is 5.78 Å². The van der Waals surface area contributed by atoms with E-state index in [4.69, 9.17) is 23.2 Å². The van der Waals surface area contributed by atoms with Gasteiger partial charge in [-0.3, -0.25) is 14.4 Å². The fourth-order valence-corrected chi connectivity index (χ4v) is 4.27. The summed E-state index contributed by atoms with van der Waals surface area (Å²) in [7, 11) is 0. The first-order valence-electron chi connectivity index (χ1n) is 13.0. The summed E-state index contributed by atoms with van der Waals surface area (Å²) < 4.78 is 0. The monoisotopic (exact) mass is 582 g/mol. The number of rotatable bonds is 9. The predicted octanol–water partition coefficient (Wildman–Crippen LogP) is 8.42. The summed E-state index contributed by atoms with van der Waals surface area (Å²) in [6.07, 6.45) is 4.75. The molecule has 0 heterocycles. The van der Waals surface area contributed by atoms with Gasteiger partial charge in [0.2, 0.25) is 0 Å². The Morgan fingerprint density at radius 2 is 1.44 bits per heavy atom. The highest BCUT2D eigenvalue weighted by molar-refractivity contribution is 6.43. The van der Waals surface area contributed by atoms with Gasteiger partial charge >= 0.3 is 0 Å². The molecule has 4 aromatic rings. The van der Waals surface area contributed by atoms with Crippen molar-refractivity contribution in [1.82, 2.24) is 5.32 Å². The highest BCUT2D eigenvalue weighted by Gasteiger charge is 2.16. The van der Waals surface area contributed by atoms with Crippen LogP contribution in [0.1, 0.15) is 57.2 Å². The standard InChI is InChI=1S/C34H28Cl2N2O3/c1-22(2)24-14-11-23(12-15-24)13-20-31(39)25-16-18-28(19-17-25)37-34(41)30(21-27-9-6-10-29(35)32(27)36)38-33(40)26-7-4-3-5-8-26/h3-22H,1-2H3,(H,37,41)(H,38,40)/b20-13+,30-21-. The van der Waals surface area contributed by atoms with Crippen LogP contribution in [-0.4, -0.2) is 17.6 Å². The van der Waals surface area contributed by atoms with Gasteiger partial charge in [-0.2, -0.15) is 0 Å². The van der Waals surface area contributed by atoms with E-state index in [1.807, 2.05) is 12.1 Å². The number of carbonyl (C=O) groups excluding carboxylic acids is 3. The zero-order chi connectivity index (χ0) is 29.4.